The molecule has 0 radical (unpaired) electrons. The van der Waals surface area contributed by atoms with Crippen molar-refractivity contribution in [3.05, 3.63) is 58.4 Å². The quantitative estimate of drug-likeness (QED) is 0.686. The van der Waals surface area contributed by atoms with E-state index in [0.29, 0.717) is 10.7 Å². The minimum Gasteiger partial charge on any atom is -0.370 e. The van der Waals surface area contributed by atoms with E-state index in [4.69, 9.17) is 0 Å². The predicted octanol–water partition coefficient (Wildman–Crippen LogP) is 4.44. The first-order valence-electron chi connectivity index (χ1n) is 8.99. The summed E-state index contributed by atoms with van der Waals surface area (Å²) in [5.41, 5.74) is 3.85. The molecule has 0 unspecified atom stereocenters. The monoisotopic (exact) mass is 379 g/mol. The van der Waals surface area contributed by atoms with Crippen molar-refractivity contribution in [3.63, 3.8) is 0 Å². The maximum Gasteiger partial charge on any atom is 0.265 e. The van der Waals surface area contributed by atoms with Crippen molar-refractivity contribution < 1.29 is 4.79 Å². The van der Waals surface area contributed by atoms with Gasteiger partial charge in [-0.1, -0.05) is 0 Å². The van der Waals surface area contributed by atoms with Crippen molar-refractivity contribution in [1.29, 1.82) is 0 Å². The fourth-order valence-corrected chi connectivity index (χ4v) is 3.89. The summed E-state index contributed by atoms with van der Waals surface area (Å²) in [6.45, 7) is 4.13. The number of nitrogens with zero attached hydrogens (tertiary/aromatic N) is 3. The van der Waals surface area contributed by atoms with E-state index in [-0.39, 0.29) is 5.91 Å². The smallest absolute Gasteiger partial charge is 0.265 e. The molecule has 7 heteroatoms. The van der Waals surface area contributed by atoms with Crippen LogP contribution in [0.4, 0.5) is 22.9 Å². The summed E-state index contributed by atoms with van der Waals surface area (Å²) in [5.74, 6) is 0.628. The molecule has 1 aliphatic rings. The van der Waals surface area contributed by atoms with Gasteiger partial charge in [0.05, 0.1) is 16.8 Å². The van der Waals surface area contributed by atoms with E-state index in [0.717, 1.165) is 35.7 Å². The number of carbonyl (C=O) groups is 1. The predicted molar refractivity (Wildman–Crippen MR) is 110 cm³/mol. The van der Waals surface area contributed by atoms with Crippen molar-refractivity contribution in [3.8, 4) is 0 Å². The average molecular weight is 379 g/mol. The lowest BCUT2D eigenvalue weighted by Crippen LogP contribution is -2.18. The Hall–Kier alpha value is -2.93. The Morgan fingerprint density at radius 2 is 1.85 bits per heavy atom. The Balaban J connectivity index is 1.40. The fourth-order valence-electron chi connectivity index (χ4n) is 3.09. The number of rotatable bonds is 5. The zero-order chi connectivity index (χ0) is 18.6. The number of amides is 1. The van der Waals surface area contributed by atoms with Crippen LogP contribution in [0.25, 0.3) is 0 Å². The van der Waals surface area contributed by atoms with Crippen LogP contribution in [0.3, 0.4) is 0 Å². The topological polar surface area (TPSA) is 70.2 Å². The van der Waals surface area contributed by atoms with Crippen molar-refractivity contribution >= 4 is 40.1 Å². The number of aryl methyl sites for hydroxylation is 1. The summed E-state index contributed by atoms with van der Waals surface area (Å²) in [4.78, 5) is 15.3. The first kappa shape index (κ1) is 17.5. The van der Waals surface area contributed by atoms with E-state index in [1.807, 2.05) is 48.7 Å². The third kappa shape index (κ3) is 4.25. The highest BCUT2D eigenvalue weighted by Crippen LogP contribution is 2.24. The molecule has 2 N–H and O–H groups in total. The van der Waals surface area contributed by atoms with E-state index in [9.17, 15) is 4.79 Å². The molecule has 3 heterocycles. The Kier molecular flexibility index (Phi) is 5.02. The molecule has 1 saturated heterocycles. The van der Waals surface area contributed by atoms with Crippen LogP contribution in [0.15, 0.2) is 48.0 Å². The minimum atomic E-state index is -0.0852. The molecule has 1 aromatic carbocycles. The van der Waals surface area contributed by atoms with Gasteiger partial charge in [-0.2, -0.15) is 5.10 Å². The Bertz CT molecular complexity index is 932. The summed E-state index contributed by atoms with van der Waals surface area (Å²) >= 11 is 1.45. The molecule has 4 rings (SSSR count). The van der Waals surface area contributed by atoms with Gasteiger partial charge in [0.1, 0.15) is 0 Å². The number of carbonyl (C=O) groups excluding carboxylic acids is 1. The number of hydrogen-bond donors (Lipinski definition) is 2. The maximum absolute atomic E-state index is 12.2. The van der Waals surface area contributed by atoms with Gasteiger partial charge < -0.3 is 15.5 Å². The summed E-state index contributed by atoms with van der Waals surface area (Å²) in [5, 5.41) is 16.4. The van der Waals surface area contributed by atoms with Crippen LogP contribution in [0.2, 0.25) is 0 Å². The van der Waals surface area contributed by atoms with Crippen LogP contribution < -0.4 is 15.5 Å². The molecular formula is C20H21N5OS. The summed E-state index contributed by atoms with van der Waals surface area (Å²) in [6.07, 6.45) is 4.26. The Labute approximate surface area is 162 Å². The molecule has 27 heavy (non-hydrogen) atoms. The molecular weight excluding hydrogens is 358 g/mol. The first-order chi connectivity index (χ1) is 13.2. The molecule has 0 aliphatic carbocycles. The third-order valence-electron chi connectivity index (χ3n) is 4.48. The van der Waals surface area contributed by atoms with Gasteiger partial charge in [-0.15, -0.1) is 16.4 Å². The van der Waals surface area contributed by atoms with Gasteiger partial charge >= 0.3 is 0 Å². The van der Waals surface area contributed by atoms with Gasteiger partial charge in [0.2, 0.25) is 0 Å². The molecule has 1 fully saturated rings. The van der Waals surface area contributed by atoms with Crippen molar-refractivity contribution in [2.45, 2.75) is 19.8 Å². The summed E-state index contributed by atoms with van der Waals surface area (Å²) in [7, 11) is 0. The standard InChI is InChI=1S/C20H21N5OS/c1-14-10-18(27-13-14)20(26)23-16-6-4-15(5-7-16)22-19-11-17(12-21-24-19)25-8-2-3-9-25/h4-7,10-13H,2-3,8-9H2,1H3,(H,22,24)(H,23,26). The average Bonchev–Trinajstić information content (AvgIpc) is 3.35. The minimum absolute atomic E-state index is 0.0852. The fraction of sp³-hybridized carbons (Fsp3) is 0.250. The van der Waals surface area contributed by atoms with Gasteiger partial charge in [0.15, 0.2) is 5.82 Å². The molecule has 6 nitrogen and oxygen atoms in total. The van der Waals surface area contributed by atoms with Crippen LogP contribution in [-0.2, 0) is 0 Å². The molecule has 0 saturated carbocycles. The van der Waals surface area contributed by atoms with Crippen LogP contribution in [-0.4, -0.2) is 29.2 Å². The van der Waals surface area contributed by atoms with E-state index in [1.54, 1.807) is 6.20 Å². The molecule has 138 valence electrons. The molecule has 2 aromatic heterocycles. The van der Waals surface area contributed by atoms with E-state index < -0.39 is 0 Å². The van der Waals surface area contributed by atoms with Crippen molar-refractivity contribution in [2.24, 2.45) is 0 Å². The lowest BCUT2D eigenvalue weighted by Gasteiger charge is -2.17. The molecule has 1 amide bonds. The van der Waals surface area contributed by atoms with Gasteiger partial charge in [-0.3, -0.25) is 4.79 Å². The second-order valence-electron chi connectivity index (χ2n) is 6.64. The van der Waals surface area contributed by atoms with Gasteiger partial charge in [0.25, 0.3) is 5.91 Å². The second kappa shape index (κ2) is 7.75. The highest BCUT2D eigenvalue weighted by Gasteiger charge is 2.13. The van der Waals surface area contributed by atoms with Gasteiger partial charge in [-0.25, -0.2) is 0 Å². The highest BCUT2D eigenvalue weighted by molar-refractivity contribution is 7.12. The number of aromatic nitrogens is 2. The number of anilines is 4. The number of hydrogen-bond acceptors (Lipinski definition) is 6. The third-order valence-corrected chi connectivity index (χ3v) is 5.53. The van der Waals surface area contributed by atoms with E-state index >= 15 is 0 Å². The largest absolute Gasteiger partial charge is 0.370 e. The number of benzene rings is 1. The van der Waals surface area contributed by atoms with Gasteiger partial charge in [-0.05, 0) is 61.0 Å². The zero-order valence-electron chi connectivity index (χ0n) is 15.1. The summed E-state index contributed by atoms with van der Waals surface area (Å²) < 4.78 is 0. The number of nitrogens with one attached hydrogen (secondary N) is 2. The highest BCUT2D eigenvalue weighted by atomic mass is 32.1. The normalized spacial score (nSPS) is 13.6. The first-order valence-corrected chi connectivity index (χ1v) is 9.86. The number of thiophene rings is 1. The lowest BCUT2D eigenvalue weighted by molar-refractivity contribution is 0.103. The van der Waals surface area contributed by atoms with Crippen LogP contribution in [0.1, 0.15) is 28.1 Å². The Morgan fingerprint density at radius 1 is 1.11 bits per heavy atom. The van der Waals surface area contributed by atoms with Crippen LogP contribution >= 0.6 is 11.3 Å². The van der Waals surface area contributed by atoms with Crippen molar-refractivity contribution in [1.82, 2.24) is 10.2 Å². The molecule has 0 atom stereocenters. The lowest BCUT2D eigenvalue weighted by atomic mass is 10.2. The molecule has 0 bridgehead atoms. The molecule has 0 spiro atoms. The van der Waals surface area contributed by atoms with Crippen LogP contribution in [0, 0.1) is 6.92 Å². The SMILES string of the molecule is Cc1csc(C(=O)Nc2ccc(Nc3cc(N4CCCC4)cnn3)cc2)c1. The molecule has 3 aromatic rings. The summed E-state index contributed by atoms with van der Waals surface area (Å²) in [6, 6.07) is 11.5. The van der Waals surface area contributed by atoms with E-state index in [2.05, 4.69) is 25.7 Å². The zero-order valence-corrected chi connectivity index (χ0v) is 15.9. The van der Waals surface area contributed by atoms with Crippen molar-refractivity contribution in [2.75, 3.05) is 28.6 Å². The van der Waals surface area contributed by atoms with E-state index in [1.165, 1.54) is 24.2 Å². The van der Waals surface area contributed by atoms with Gasteiger partial charge in [0, 0.05) is 30.5 Å². The Morgan fingerprint density at radius 3 is 2.56 bits per heavy atom. The molecule has 1 aliphatic heterocycles. The van der Waals surface area contributed by atoms with Crippen LogP contribution in [0.5, 0.6) is 0 Å². The second-order valence-corrected chi connectivity index (χ2v) is 7.55. The maximum atomic E-state index is 12.2.